The van der Waals surface area contributed by atoms with Gasteiger partial charge in [0.1, 0.15) is 11.2 Å². The summed E-state index contributed by atoms with van der Waals surface area (Å²) in [5.74, 6) is 0.329. The van der Waals surface area contributed by atoms with E-state index < -0.39 is 9.84 Å². The van der Waals surface area contributed by atoms with Gasteiger partial charge in [-0.15, -0.1) is 11.3 Å². The second-order valence-corrected chi connectivity index (χ2v) is 8.47. The summed E-state index contributed by atoms with van der Waals surface area (Å²) >= 11 is 1.47. The van der Waals surface area contributed by atoms with Gasteiger partial charge in [0.05, 0.1) is 16.9 Å². The molecule has 0 aromatic carbocycles. The van der Waals surface area contributed by atoms with Crippen molar-refractivity contribution in [3.05, 3.63) is 17.8 Å². The van der Waals surface area contributed by atoms with Crippen LogP contribution in [0.4, 0.5) is 0 Å². The lowest BCUT2D eigenvalue weighted by Gasteiger charge is -2.26. The maximum absolute atomic E-state index is 12.4. The standard InChI is InChI=1S/C14H17N3O4S2/c1-2-17(10-4-6-23(19,20)8-10)12(18)7-21-13-11-3-5-22-14(11)16-9-15-13/h3,5,9-10H,2,4,6-8H2,1H3/t10-/m1/s1. The number of carbonyl (C=O) groups is 1. The van der Waals surface area contributed by atoms with Crippen molar-refractivity contribution < 1.29 is 17.9 Å². The second kappa shape index (κ2) is 6.40. The highest BCUT2D eigenvalue weighted by molar-refractivity contribution is 7.91. The van der Waals surface area contributed by atoms with Gasteiger partial charge in [-0.2, -0.15) is 0 Å². The van der Waals surface area contributed by atoms with E-state index in [1.807, 2.05) is 18.4 Å². The molecule has 3 rings (SSSR count). The zero-order valence-electron chi connectivity index (χ0n) is 12.6. The van der Waals surface area contributed by atoms with Crippen molar-refractivity contribution in [1.82, 2.24) is 14.9 Å². The number of thiophene rings is 1. The zero-order valence-corrected chi connectivity index (χ0v) is 14.3. The summed E-state index contributed by atoms with van der Waals surface area (Å²) in [6, 6.07) is 1.59. The minimum absolute atomic E-state index is 0.0366. The number of hydrogen-bond donors (Lipinski definition) is 0. The van der Waals surface area contributed by atoms with Gasteiger partial charge in [-0.05, 0) is 24.8 Å². The lowest BCUT2D eigenvalue weighted by Crippen LogP contribution is -2.43. The van der Waals surface area contributed by atoms with Gasteiger partial charge in [0, 0.05) is 12.6 Å². The molecule has 3 heterocycles. The summed E-state index contributed by atoms with van der Waals surface area (Å²) in [6.45, 7) is 2.14. The highest BCUT2D eigenvalue weighted by atomic mass is 32.2. The molecule has 0 saturated carbocycles. The molecule has 1 saturated heterocycles. The van der Waals surface area contributed by atoms with Crippen molar-refractivity contribution in [1.29, 1.82) is 0 Å². The van der Waals surface area contributed by atoms with Crippen molar-refractivity contribution in [3.8, 4) is 5.88 Å². The lowest BCUT2D eigenvalue weighted by atomic mass is 10.2. The summed E-state index contributed by atoms with van der Waals surface area (Å²) in [5.41, 5.74) is 0. The summed E-state index contributed by atoms with van der Waals surface area (Å²) < 4.78 is 28.7. The number of fused-ring (bicyclic) bond motifs is 1. The number of ether oxygens (including phenoxy) is 1. The third kappa shape index (κ3) is 3.45. The molecular weight excluding hydrogens is 338 g/mol. The van der Waals surface area contributed by atoms with Gasteiger partial charge in [-0.1, -0.05) is 0 Å². The van der Waals surface area contributed by atoms with Crippen molar-refractivity contribution in [2.75, 3.05) is 24.7 Å². The molecule has 0 N–H and O–H groups in total. The monoisotopic (exact) mass is 355 g/mol. The Hall–Kier alpha value is -1.74. The van der Waals surface area contributed by atoms with E-state index in [1.165, 1.54) is 17.7 Å². The molecule has 124 valence electrons. The van der Waals surface area contributed by atoms with Crippen LogP contribution in [0.5, 0.6) is 5.88 Å². The van der Waals surface area contributed by atoms with Gasteiger partial charge in [0.2, 0.25) is 5.88 Å². The van der Waals surface area contributed by atoms with Gasteiger partial charge < -0.3 is 9.64 Å². The molecule has 2 aromatic rings. The predicted octanol–water partition coefficient (Wildman–Crippen LogP) is 1.11. The molecule has 1 fully saturated rings. The number of sulfone groups is 1. The smallest absolute Gasteiger partial charge is 0.260 e. The second-order valence-electron chi connectivity index (χ2n) is 5.34. The van der Waals surface area contributed by atoms with Crippen LogP contribution >= 0.6 is 11.3 Å². The number of aromatic nitrogens is 2. The number of carbonyl (C=O) groups excluding carboxylic acids is 1. The Balaban J connectivity index is 1.67. The van der Waals surface area contributed by atoms with Crippen LogP contribution < -0.4 is 4.74 Å². The molecule has 0 spiro atoms. The maximum Gasteiger partial charge on any atom is 0.260 e. The first-order valence-corrected chi connectivity index (χ1v) is 10.0. The number of rotatable bonds is 5. The molecule has 0 unspecified atom stereocenters. The molecule has 1 aliphatic heterocycles. The number of nitrogens with zero attached hydrogens (tertiary/aromatic N) is 3. The highest BCUT2D eigenvalue weighted by Gasteiger charge is 2.34. The number of amides is 1. The first-order valence-electron chi connectivity index (χ1n) is 7.31. The quantitative estimate of drug-likeness (QED) is 0.798. The Bertz CT molecular complexity index is 818. The van der Waals surface area contributed by atoms with Gasteiger partial charge in [-0.3, -0.25) is 4.79 Å². The molecule has 1 amide bonds. The van der Waals surface area contributed by atoms with Crippen LogP contribution in [-0.2, 0) is 14.6 Å². The van der Waals surface area contributed by atoms with E-state index in [2.05, 4.69) is 9.97 Å². The first-order chi connectivity index (χ1) is 11.0. The van der Waals surface area contributed by atoms with Gasteiger partial charge in [-0.25, -0.2) is 18.4 Å². The van der Waals surface area contributed by atoms with E-state index in [0.29, 0.717) is 18.8 Å². The van der Waals surface area contributed by atoms with Gasteiger partial charge in [0.25, 0.3) is 5.91 Å². The molecule has 0 bridgehead atoms. The molecule has 9 heteroatoms. The molecule has 23 heavy (non-hydrogen) atoms. The topological polar surface area (TPSA) is 89.5 Å². The number of likely N-dealkylation sites (N-methyl/N-ethyl adjacent to an activating group) is 1. The highest BCUT2D eigenvalue weighted by Crippen LogP contribution is 2.25. The molecule has 7 nitrogen and oxygen atoms in total. The molecule has 1 atom stereocenters. The van der Waals surface area contributed by atoms with Crippen molar-refractivity contribution in [2.45, 2.75) is 19.4 Å². The minimum Gasteiger partial charge on any atom is -0.467 e. The average molecular weight is 355 g/mol. The number of hydrogen-bond acceptors (Lipinski definition) is 7. The molecule has 2 aromatic heterocycles. The zero-order chi connectivity index (χ0) is 16.4. The normalized spacial score (nSPS) is 19.8. The first kappa shape index (κ1) is 16.1. The van der Waals surface area contributed by atoms with Crippen LogP contribution in [0.2, 0.25) is 0 Å². The fraction of sp³-hybridized carbons (Fsp3) is 0.500. The third-order valence-corrected chi connectivity index (χ3v) is 6.44. The Morgan fingerprint density at radius 3 is 3.00 bits per heavy atom. The molecule has 0 aliphatic carbocycles. The van der Waals surface area contributed by atoms with Crippen LogP contribution in [0.25, 0.3) is 10.2 Å². The molecule has 0 radical (unpaired) electrons. The predicted molar refractivity (Wildman–Crippen MR) is 87.4 cm³/mol. The van der Waals surface area contributed by atoms with Crippen LogP contribution in [0.3, 0.4) is 0 Å². The molecular formula is C14H17N3O4S2. The fourth-order valence-corrected chi connectivity index (χ4v) is 5.21. The van der Waals surface area contributed by atoms with E-state index in [4.69, 9.17) is 4.74 Å². The van der Waals surface area contributed by atoms with E-state index in [0.717, 1.165) is 10.2 Å². The minimum atomic E-state index is -3.03. The van der Waals surface area contributed by atoms with Crippen LogP contribution in [-0.4, -0.2) is 59.9 Å². The summed E-state index contributed by atoms with van der Waals surface area (Å²) in [6.07, 6.45) is 1.89. The molecule has 1 aliphatic rings. The van der Waals surface area contributed by atoms with Crippen LogP contribution in [0.1, 0.15) is 13.3 Å². The lowest BCUT2D eigenvalue weighted by molar-refractivity contribution is -0.135. The van der Waals surface area contributed by atoms with Crippen molar-refractivity contribution >= 4 is 37.3 Å². The van der Waals surface area contributed by atoms with E-state index >= 15 is 0 Å². The summed E-state index contributed by atoms with van der Waals surface area (Å²) in [5, 5.41) is 2.66. The van der Waals surface area contributed by atoms with E-state index in [-0.39, 0.29) is 30.1 Å². The van der Waals surface area contributed by atoms with Crippen LogP contribution in [0, 0.1) is 0 Å². The third-order valence-electron chi connectivity index (χ3n) is 3.87. The van der Waals surface area contributed by atoms with Crippen molar-refractivity contribution in [3.63, 3.8) is 0 Å². The van der Waals surface area contributed by atoms with Crippen LogP contribution in [0.15, 0.2) is 17.8 Å². The average Bonchev–Trinajstić information content (AvgIpc) is 3.12. The van der Waals surface area contributed by atoms with E-state index in [9.17, 15) is 13.2 Å². The Morgan fingerprint density at radius 1 is 1.48 bits per heavy atom. The summed E-state index contributed by atoms with van der Waals surface area (Å²) in [4.78, 5) is 23.0. The SMILES string of the molecule is CCN(C(=O)COc1ncnc2sccc12)[C@@H]1CCS(=O)(=O)C1. The fourth-order valence-electron chi connectivity index (χ4n) is 2.75. The maximum atomic E-state index is 12.4. The van der Waals surface area contributed by atoms with Crippen molar-refractivity contribution in [2.24, 2.45) is 0 Å². The summed E-state index contributed by atoms with van der Waals surface area (Å²) in [7, 11) is -3.03. The Morgan fingerprint density at radius 2 is 2.30 bits per heavy atom. The van der Waals surface area contributed by atoms with Gasteiger partial charge >= 0.3 is 0 Å². The Kier molecular flexibility index (Phi) is 4.49. The Labute approximate surface area is 138 Å². The van der Waals surface area contributed by atoms with E-state index in [1.54, 1.807) is 4.90 Å². The van der Waals surface area contributed by atoms with Gasteiger partial charge in [0.15, 0.2) is 16.4 Å². The largest absolute Gasteiger partial charge is 0.467 e.